The second kappa shape index (κ2) is 5.65. The van der Waals surface area contributed by atoms with Gasteiger partial charge in [-0.1, -0.05) is 5.16 Å². The van der Waals surface area contributed by atoms with Crippen LogP contribution in [0.15, 0.2) is 47.8 Å². The predicted octanol–water partition coefficient (Wildman–Crippen LogP) is 1.88. The molecular formula is C12H10N4O4. The summed E-state index contributed by atoms with van der Waals surface area (Å²) in [5.74, 6) is 0.341. The van der Waals surface area contributed by atoms with Crippen molar-refractivity contribution in [3.63, 3.8) is 0 Å². The summed E-state index contributed by atoms with van der Waals surface area (Å²) in [6.07, 6.45) is 1.48. The predicted molar refractivity (Wildman–Crippen MR) is 69.9 cm³/mol. The van der Waals surface area contributed by atoms with Gasteiger partial charge in [-0.25, -0.2) is 4.98 Å². The van der Waals surface area contributed by atoms with Crippen molar-refractivity contribution in [3.05, 3.63) is 58.3 Å². The van der Waals surface area contributed by atoms with Gasteiger partial charge >= 0.3 is 0 Å². The van der Waals surface area contributed by atoms with Crippen LogP contribution in [0, 0.1) is 10.1 Å². The lowest BCUT2D eigenvalue weighted by molar-refractivity contribution is -0.384. The number of non-ortho nitro benzene ring substituents is 1. The zero-order valence-electron chi connectivity index (χ0n) is 10.1. The topological polar surface area (TPSA) is 124 Å². The standard InChI is InChI=1S/C12H10N4O4/c13-11(15-17)10-2-1-7-14-12(10)20-9-5-3-8(4-6-9)16(18)19/h1-7,17H,(H2,13,15). The van der Waals surface area contributed by atoms with Crippen LogP contribution < -0.4 is 10.5 Å². The quantitative estimate of drug-likeness (QED) is 0.288. The van der Waals surface area contributed by atoms with Crippen LogP contribution in [0.1, 0.15) is 5.56 Å². The average Bonchev–Trinajstić information content (AvgIpc) is 2.47. The summed E-state index contributed by atoms with van der Waals surface area (Å²) in [7, 11) is 0. The minimum absolute atomic E-state index is 0.0463. The fourth-order valence-corrected chi connectivity index (χ4v) is 1.47. The number of nitrogens with zero attached hydrogens (tertiary/aromatic N) is 3. The van der Waals surface area contributed by atoms with Gasteiger partial charge in [-0.2, -0.15) is 0 Å². The molecule has 20 heavy (non-hydrogen) atoms. The number of benzene rings is 1. The number of nitro benzene ring substituents is 1. The summed E-state index contributed by atoms with van der Waals surface area (Å²) in [6, 6.07) is 8.66. The molecule has 0 atom stereocenters. The van der Waals surface area contributed by atoms with Crippen molar-refractivity contribution in [3.8, 4) is 11.6 Å². The average molecular weight is 274 g/mol. The molecule has 0 unspecified atom stereocenters. The van der Waals surface area contributed by atoms with Gasteiger partial charge in [0.05, 0.1) is 10.5 Å². The van der Waals surface area contributed by atoms with Crippen LogP contribution in [0.3, 0.4) is 0 Å². The molecule has 0 spiro atoms. The van der Waals surface area contributed by atoms with Gasteiger partial charge in [0.1, 0.15) is 5.75 Å². The van der Waals surface area contributed by atoms with E-state index in [1.807, 2.05) is 0 Å². The zero-order valence-corrected chi connectivity index (χ0v) is 10.1. The van der Waals surface area contributed by atoms with E-state index in [0.717, 1.165) is 0 Å². The smallest absolute Gasteiger partial charge is 0.269 e. The van der Waals surface area contributed by atoms with E-state index in [9.17, 15) is 10.1 Å². The monoisotopic (exact) mass is 274 g/mol. The van der Waals surface area contributed by atoms with Crippen molar-refractivity contribution < 1.29 is 14.9 Å². The molecule has 8 nitrogen and oxygen atoms in total. The Morgan fingerprint density at radius 1 is 1.35 bits per heavy atom. The van der Waals surface area contributed by atoms with Crippen LogP contribution in [0.5, 0.6) is 11.6 Å². The number of hydrogen-bond donors (Lipinski definition) is 2. The van der Waals surface area contributed by atoms with E-state index < -0.39 is 4.92 Å². The molecule has 1 aromatic heterocycles. The van der Waals surface area contributed by atoms with Gasteiger partial charge in [0.25, 0.3) is 5.69 Å². The Morgan fingerprint density at radius 3 is 2.65 bits per heavy atom. The van der Waals surface area contributed by atoms with Gasteiger partial charge in [0.2, 0.25) is 5.88 Å². The highest BCUT2D eigenvalue weighted by molar-refractivity contribution is 5.99. The van der Waals surface area contributed by atoms with E-state index >= 15 is 0 Å². The molecule has 2 aromatic rings. The van der Waals surface area contributed by atoms with Crippen molar-refractivity contribution in [2.24, 2.45) is 10.9 Å². The van der Waals surface area contributed by atoms with E-state index in [1.54, 1.807) is 12.1 Å². The lowest BCUT2D eigenvalue weighted by Crippen LogP contribution is -2.14. The van der Waals surface area contributed by atoms with Gasteiger partial charge in [-0.05, 0) is 24.3 Å². The molecule has 0 saturated carbocycles. The summed E-state index contributed by atoms with van der Waals surface area (Å²) >= 11 is 0. The number of nitro groups is 1. The first-order valence-electron chi connectivity index (χ1n) is 5.47. The van der Waals surface area contributed by atoms with E-state index in [-0.39, 0.29) is 17.4 Å². The van der Waals surface area contributed by atoms with Gasteiger partial charge in [0.15, 0.2) is 5.84 Å². The van der Waals surface area contributed by atoms with Crippen LogP contribution in [0.2, 0.25) is 0 Å². The summed E-state index contributed by atoms with van der Waals surface area (Å²) < 4.78 is 5.46. The Labute approximate surface area is 113 Å². The normalized spacial score (nSPS) is 11.1. The largest absolute Gasteiger partial charge is 0.438 e. The number of aromatic nitrogens is 1. The number of amidine groups is 1. The fraction of sp³-hybridized carbons (Fsp3) is 0. The molecule has 8 heteroatoms. The molecule has 0 amide bonds. The molecule has 3 N–H and O–H groups in total. The lowest BCUT2D eigenvalue weighted by Gasteiger charge is -2.08. The number of rotatable bonds is 4. The Morgan fingerprint density at radius 2 is 2.05 bits per heavy atom. The van der Waals surface area contributed by atoms with E-state index in [4.69, 9.17) is 15.7 Å². The van der Waals surface area contributed by atoms with Gasteiger partial charge in [-0.15, -0.1) is 0 Å². The summed E-state index contributed by atoms with van der Waals surface area (Å²) in [6.45, 7) is 0. The molecule has 1 heterocycles. The van der Waals surface area contributed by atoms with E-state index in [1.165, 1.54) is 30.5 Å². The number of ether oxygens (including phenoxy) is 1. The van der Waals surface area contributed by atoms with E-state index in [2.05, 4.69) is 10.1 Å². The Hall–Kier alpha value is -3.16. The van der Waals surface area contributed by atoms with Crippen molar-refractivity contribution in [2.45, 2.75) is 0 Å². The minimum Gasteiger partial charge on any atom is -0.438 e. The molecule has 0 aliphatic rings. The van der Waals surface area contributed by atoms with Crippen molar-refractivity contribution in [2.75, 3.05) is 0 Å². The molecule has 0 radical (unpaired) electrons. The maximum atomic E-state index is 10.5. The van der Waals surface area contributed by atoms with Crippen LogP contribution >= 0.6 is 0 Å². The molecule has 2 rings (SSSR count). The third kappa shape index (κ3) is 2.80. The zero-order chi connectivity index (χ0) is 14.5. The van der Waals surface area contributed by atoms with Crippen LogP contribution in [-0.2, 0) is 0 Å². The highest BCUT2D eigenvalue weighted by Gasteiger charge is 2.11. The number of nitrogens with two attached hydrogens (primary N) is 1. The first-order valence-corrected chi connectivity index (χ1v) is 5.47. The molecule has 0 saturated heterocycles. The molecule has 1 aromatic carbocycles. The molecule has 102 valence electrons. The van der Waals surface area contributed by atoms with Crippen LogP contribution in [-0.4, -0.2) is 21.0 Å². The molecule has 0 fully saturated rings. The summed E-state index contributed by atoms with van der Waals surface area (Å²) in [4.78, 5) is 14.0. The van der Waals surface area contributed by atoms with Crippen LogP contribution in [0.25, 0.3) is 0 Å². The number of pyridine rings is 1. The Kier molecular flexibility index (Phi) is 3.75. The van der Waals surface area contributed by atoms with Crippen molar-refractivity contribution in [1.29, 1.82) is 0 Å². The van der Waals surface area contributed by atoms with E-state index in [0.29, 0.717) is 11.3 Å². The minimum atomic E-state index is -0.508. The highest BCUT2D eigenvalue weighted by atomic mass is 16.6. The third-order valence-electron chi connectivity index (χ3n) is 2.42. The Bertz CT molecular complexity index is 655. The van der Waals surface area contributed by atoms with Gasteiger partial charge < -0.3 is 15.7 Å². The van der Waals surface area contributed by atoms with Crippen molar-refractivity contribution in [1.82, 2.24) is 4.98 Å². The van der Waals surface area contributed by atoms with Gasteiger partial charge in [-0.3, -0.25) is 10.1 Å². The fourth-order valence-electron chi connectivity index (χ4n) is 1.47. The SMILES string of the molecule is N/C(=N\O)c1cccnc1Oc1ccc([N+](=O)[O-])cc1. The number of hydrogen-bond acceptors (Lipinski definition) is 6. The second-order valence-electron chi connectivity index (χ2n) is 3.69. The second-order valence-corrected chi connectivity index (χ2v) is 3.69. The Balaban J connectivity index is 2.28. The maximum Gasteiger partial charge on any atom is 0.269 e. The van der Waals surface area contributed by atoms with Gasteiger partial charge in [0, 0.05) is 18.3 Å². The summed E-state index contributed by atoms with van der Waals surface area (Å²) in [5.41, 5.74) is 5.77. The molecule has 0 aliphatic heterocycles. The lowest BCUT2D eigenvalue weighted by atomic mass is 10.2. The molecule has 0 bridgehead atoms. The van der Waals surface area contributed by atoms with Crippen molar-refractivity contribution >= 4 is 11.5 Å². The first-order chi connectivity index (χ1) is 9.61. The first kappa shape index (κ1) is 13.3. The number of oxime groups is 1. The molecule has 0 aliphatic carbocycles. The highest BCUT2D eigenvalue weighted by Crippen LogP contribution is 2.24. The third-order valence-corrected chi connectivity index (χ3v) is 2.42. The van der Waals surface area contributed by atoms with Crippen LogP contribution in [0.4, 0.5) is 5.69 Å². The maximum absolute atomic E-state index is 10.5. The molecular weight excluding hydrogens is 264 g/mol. The summed E-state index contributed by atoms with van der Waals surface area (Å²) in [5, 5.41) is 22.1.